The third-order valence-corrected chi connectivity index (χ3v) is 4.28. The number of carbonyl (C=O) groups excluding carboxylic acids is 1. The molecule has 1 rings (SSSR count). The minimum atomic E-state index is -3.67. The smallest absolute Gasteiger partial charge is 0.303 e. The molecule has 9 heteroatoms. The van der Waals surface area contributed by atoms with E-state index in [1.165, 1.54) is 11.4 Å². The first kappa shape index (κ1) is 14.5. The monoisotopic (exact) mass is 292 g/mol. The average Bonchev–Trinajstić information content (AvgIpc) is 2.63. The normalized spacial score (nSPS) is 11.1. The van der Waals surface area contributed by atoms with Crippen LogP contribution in [0.25, 0.3) is 0 Å². The van der Waals surface area contributed by atoms with Crippen LogP contribution in [0.4, 0.5) is 5.00 Å². The van der Waals surface area contributed by atoms with Crippen molar-refractivity contribution in [2.75, 3.05) is 10.5 Å². The van der Waals surface area contributed by atoms with E-state index in [9.17, 15) is 18.0 Å². The maximum Gasteiger partial charge on any atom is 0.303 e. The Bertz CT molecular complexity index is 549. The summed E-state index contributed by atoms with van der Waals surface area (Å²) in [6, 6.07) is 1.42. The van der Waals surface area contributed by atoms with Crippen LogP contribution < -0.4 is 10.5 Å². The van der Waals surface area contributed by atoms with Gasteiger partial charge < -0.3 is 10.8 Å². The molecule has 0 aliphatic rings. The third-order valence-electron chi connectivity index (χ3n) is 1.98. The first-order valence-corrected chi connectivity index (χ1v) is 7.44. The second-order valence-electron chi connectivity index (χ2n) is 3.45. The van der Waals surface area contributed by atoms with Crippen molar-refractivity contribution in [3.05, 3.63) is 17.0 Å². The van der Waals surface area contributed by atoms with E-state index in [0.29, 0.717) is 0 Å². The number of aliphatic carboxylic acids is 1. The fourth-order valence-corrected chi connectivity index (χ4v) is 3.42. The molecule has 0 fully saturated rings. The average molecular weight is 292 g/mol. The van der Waals surface area contributed by atoms with Gasteiger partial charge in [0.25, 0.3) is 5.91 Å². The third kappa shape index (κ3) is 4.34. The first-order valence-electron chi connectivity index (χ1n) is 4.91. The molecule has 0 aliphatic heterocycles. The number of carbonyl (C=O) groups is 2. The van der Waals surface area contributed by atoms with Crippen molar-refractivity contribution in [2.45, 2.75) is 12.8 Å². The van der Waals surface area contributed by atoms with Crippen LogP contribution in [-0.4, -0.2) is 31.2 Å². The van der Waals surface area contributed by atoms with Gasteiger partial charge in [-0.05, 0) is 17.9 Å². The first-order chi connectivity index (χ1) is 8.32. The molecule has 0 aromatic carbocycles. The molecule has 100 valence electrons. The molecule has 0 atom stereocenters. The van der Waals surface area contributed by atoms with Gasteiger partial charge in [-0.2, -0.15) is 0 Å². The number of anilines is 1. The fourth-order valence-electron chi connectivity index (χ4n) is 1.19. The number of hydrogen-bond acceptors (Lipinski definition) is 5. The van der Waals surface area contributed by atoms with E-state index in [2.05, 4.69) is 4.72 Å². The number of sulfonamides is 1. The summed E-state index contributed by atoms with van der Waals surface area (Å²) in [4.78, 5) is 21.3. The highest BCUT2D eigenvalue weighted by atomic mass is 32.2. The molecular formula is C9H12N2O5S2. The Morgan fingerprint density at radius 1 is 1.44 bits per heavy atom. The Morgan fingerprint density at radius 2 is 2.11 bits per heavy atom. The van der Waals surface area contributed by atoms with Crippen LogP contribution in [0.15, 0.2) is 11.4 Å². The molecule has 1 heterocycles. The van der Waals surface area contributed by atoms with E-state index in [0.717, 1.165) is 11.3 Å². The predicted molar refractivity (Wildman–Crippen MR) is 67.1 cm³/mol. The highest BCUT2D eigenvalue weighted by molar-refractivity contribution is 7.92. The number of amides is 1. The van der Waals surface area contributed by atoms with E-state index >= 15 is 0 Å². The number of rotatable bonds is 7. The van der Waals surface area contributed by atoms with Crippen molar-refractivity contribution in [2.24, 2.45) is 5.73 Å². The lowest BCUT2D eigenvalue weighted by molar-refractivity contribution is -0.137. The van der Waals surface area contributed by atoms with Crippen LogP contribution in [0.1, 0.15) is 23.2 Å². The van der Waals surface area contributed by atoms with E-state index in [4.69, 9.17) is 10.8 Å². The maximum atomic E-state index is 11.6. The molecular weight excluding hydrogens is 280 g/mol. The van der Waals surface area contributed by atoms with Crippen molar-refractivity contribution in [1.29, 1.82) is 0 Å². The molecule has 4 N–H and O–H groups in total. The SMILES string of the molecule is NC(=O)c1ccsc1NS(=O)(=O)CCCC(=O)O. The summed E-state index contributed by atoms with van der Waals surface area (Å²) in [5, 5.41) is 10.1. The van der Waals surface area contributed by atoms with Gasteiger partial charge in [0.15, 0.2) is 0 Å². The summed E-state index contributed by atoms with van der Waals surface area (Å²) in [7, 11) is -3.67. The Kier molecular flexibility index (Phi) is 4.68. The number of nitrogens with two attached hydrogens (primary N) is 1. The lowest BCUT2D eigenvalue weighted by Crippen LogP contribution is -2.19. The Hall–Kier alpha value is -1.61. The number of carboxylic acid groups (broad SMARTS) is 1. The number of primary amides is 1. The van der Waals surface area contributed by atoms with Gasteiger partial charge in [-0.3, -0.25) is 14.3 Å². The molecule has 7 nitrogen and oxygen atoms in total. The standard InChI is InChI=1S/C9H12N2O5S2/c10-8(14)6-3-4-17-9(6)11-18(15,16)5-1-2-7(12)13/h3-4,11H,1-2,5H2,(H2,10,14)(H,12,13). The van der Waals surface area contributed by atoms with Crippen LogP contribution in [-0.2, 0) is 14.8 Å². The van der Waals surface area contributed by atoms with Crippen molar-refractivity contribution < 1.29 is 23.1 Å². The molecule has 0 spiro atoms. The molecule has 1 aromatic heterocycles. The number of carboxylic acids is 1. The van der Waals surface area contributed by atoms with E-state index < -0.39 is 21.9 Å². The molecule has 0 saturated carbocycles. The molecule has 0 aliphatic carbocycles. The van der Waals surface area contributed by atoms with Gasteiger partial charge in [-0.25, -0.2) is 8.42 Å². The fraction of sp³-hybridized carbons (Fsp3) is 0.333. The summed E-state index contributed by atoms with van der Waals surface area (Å²) < 4.78 is 25.4. The van der Waals surface area contributed by atoms with Crippen LogP contribution in [0, 0.1) is 0 Å². The van der Waals surface area contributed by atoms with Gasteiger partial charge in [0.05, 0.1) is 11.3 Å². The van der Waals surface area contributed by atoms with Crippen molar-refractivity contribution in [3.63, 3.8) is 0 Å². The van der Waals surface area contributed by atoms with Crippen molar-refractivity contribution >= 4 is 38.2 Å². The summed E-state index contributed by atoms with van der Waals surface area (Å²) in [6.07, 6.45) is -0.226. The molecule has 0 unspecified atom stereocenters. The summed E-state index contributed by atoms with van der Waals surface area (Å²) in [5.41, 5.74) is 5.17. The molecule has 1 aromatic rings. The highest BCUT2D eigenvalue weighted by Crippen LogP contribution is 2.24. The Morgan fingerprint density at radius 3 is 2.67 bits per heavy atom. The largest absolute Gasteiger partial charge is 0.481 e. The van der Waals surface area contributed by atoms with E-state index in [1.54, 1.807) is 0 Å². The zero-order chi connectivity index (χ0) is 13.8. The Labute approximate surface area is 108 Å². The molecule has 0 saturated heterocycles. The second kappa shape index (κ2) is 5.83. The van der Waals surface area contributed by atoms with Crippen LogP contribution >= 0.6 is 11.3 Å². The van der Waals surface area contributed by atoms with Gasteiger partial charge in [-0.15, -0.1) is 11.3 Å². The van der Waals surface area contributed by atoms with E-state index in [-0.39, 0.29) is 29.2 Å². The number of nitrogens with one attached hydrogen (secondary N) is 1. The molecule has 0 radical (unpaired) electrons. The van der Waals surface area contributed by atoms with Crippen LogP contribution in [0.3, 0.4) is 0 Å². The lowest BCUT2D eigenvalue weighted by Gasteiger charge is -2.06. The molecule has 18 heavy (non-hydrogen) atoms. The minimum Gasteiger partial charge on any atom is -0.481 e. The van der Waals surface area contributed by atoms with E-state index in [1.807, 2.05) is 0 Å². The second-order valence-corrected chi connectivity index (χ2v) is 6.20. The minimum absolute atomic E-state index is 0.00193. The molecule has 0 bridgehead atoms. The lowest BCUT2D eigenvalue weighted by atomic mass is 10.3. The maximum absolute atomic E-state index is 11.6. The van der Waals surface area contributed by atoms with Gasteiger partial charge in [0, 0.05) is 6.42 Å². The summed E-state index contributed by atoms with van der Waals surface area (Å²) in [5.74, 6) is -2.10. The molecule has 1 amide bonds. The van der Waals surface area contributed by atoms with Gasteiger partial charge >= 0.3 is 5.97 Å². The zero-order valence-electron chi connectivity index (χ0n) is 9.25. The van der Waals surface area contributed by atoms with Gasteiger partial charge in [-0.1, -0.05) is 0 Å². The van der Waals surface area contributed by atoms with Crippen LogP contribution in [0.5, 0.6) is 0 Å². The van der Waals surface area contributed by atoms with Crippen molar-refractivity contribution in [1.82, 2.24) is 0 Å². The number of hydrogen-bond donors (Lipinski definition) is 3. The van der Waals surface area contributed by atoms with Gasteiger partial charge in [0.2, 0.25) is 10.0 Å². The van der Waals surface area contributed by atoms with Crippen molar-refractivity contribution in [3.8, 4) is 0 Å². The topological polar surface area (TPSA) is 127 Å². The predicted octanol–water partition coefficient (Wildman–Crippen LogP) is 0.453. The summed E-state index contributed by atoms with van der Waals surface area (Å²) in [6.45, 7) is 0. The van der Waals surface area contributed by atoms with Crippen LogP contribution in [0.2, 0.25) is 0 Å². The quantitative estimate of drug-likeness (QED) is 0.672. The number of thiophene rings is 1. The Balaban J connectivity index is 2.68. The highest BCUT2D eigenvalue weighted by Gasteiger charge is 2.16. The summed E-state index contributed by atoms with van der Waals surface area (Å²) >= 11 is 1.04. The van der Waals surface area contributed by atoms with Gasteiger partial charge in [0.1, 0.15) is 5.00 Å². The zero-order valence-corrected chi connectivity index (χ0v) is 10.9.